The second-order valence-electron chi connectivity index (χ2n) is 13.2. The lowest BCUT2D eigenvalue weighted by molar-refractivity contribution is 0.623. The largest absolute Gasteiger partial charge is 0.435 e. The van der Waals surface area contributed by atoms with Gasteiger partial charge in [0, 0.05) is 27.6 Å². The number of benzene rings is 8. The Morgan fingerprint density at radius 2 is 0.943 bits per heavy atom. The number of oxazole rings is 1. The lowest BCUT2D eigenvalue weighted by atomic mass is 9.87. The summed E-state index contributed by atoms with van der Waals surface area (Å²) in [6.45, 7) is 0. The summed E-state index contributed by atoms with van der Waals surface area (Å²) in [4.78, 5) is 15.2. The summed E-state index contributed by atoms with van der Waals surface area (Å²) >= 11 is 0. The van der Waals surface area contributed by atoms with Crippen LogP contribution < -0.4 is 0 Å². The van der Waals surface area contributed by atoms with Crippen LogP contribution in [0.2, 0.25) is 0 Å². The van der Waals surface area contributed by atoms with Gasteiger partial charge < -0.3 is 4.42 Å². The van der Waals surface area contributed by atoms with Crippen molar-refractivity contribution in [1.82, 2.24) is 15.0 Å². The third-order valence-corrected chi connectivity index (χ3v) is 9.91. The molecule has 0 aliphatic heterocycles. The van der Waals surface area contributed by atoms with Crippen molar-refractivity contribution < 1.29 is 4.42 Å². The SMILES string of the molecule is c1ccc(-c2cc(-c3cccc(-c4c(-c5cc6nc(-c7ccccc7)oc6c6ccccc56)ccc5ccccc45)c3)nc(-c3ccccc3)n2)cc1. The number of nitrogens with zero attached hydrogens (tertiary/aromatic N) is 3. The summed E-state index contributed by atoms with van der Waals surface area (Å²) in [7, 11) is 0. The monoisotopic (exact) mass is 677 g/mol. The van der Waals surface area contributed by atoms with Crippen LogP contribution in [0.4, 0.5) is 0 Å². The Labute approximate surface area is 306 Å². The predicted molar refractivity (Wildman–Crippen MR) is 217 cm³/mol. The molecule has 53 heavy (non-hydrogen) atoms. The van der Waals surface area contributed by atoms with Gasteiger partial charge in [-0.15, -0.1) is 0 Å². The first-order valence-electron chi connectivity index (χ1n) is 17.8. The molecule has 0 radical (unpaired) electrons. The van der Waals surface area contributed by atoms with Crippen LogP contribution in [-0.2, 0) is 0 Å². The quantitative estimate of drug-likeness (QED) is 0.176. The molecule has 0 unspecified atom stereocenters. The molecule has 0 amide bonds. The van der Waals surface area contributed by atoms with Crippen LogP contribution >= 0.6 is 0 Å². The number of rotatable bonds is 6. The van der Waals surface area contributed by atoms with Crippen molar-refractivity contribution in [3.05, 3.63) is 188 Å². The maximum absolute atomic E-state index is 6.47. The summed E-state index contributed by atoms with van der Waals surface area (Å²) in [6, 6.07) is 65.2. The molecule has 0 aliphatic carbocycles. The first-order chi connectivity index (χ1) is 26.3. The molecule has 4 heteroatoms. The Hall–Kier alpha value is -7.17. The molecule has 0 bridgehead atoms. The molecule has 2 aromatic heterocycles. The van der Waals surface area contributed by atoms with Gasteiger partial charge in [0.15, 0.2) is 11.4 Å². The van der Waals surface area contributed by atoms with Gasteiger partial charge in [-0.2, -0.15) is 0 Å². The molecule has 0 N–H and O–H groups in total. The van der Waals surface area contributed by atoms with Crippen LogP contribution in [0.15, 0.2) is 192 Å². The standard InChI is InChI=1S/C49H31N3O/c1-4-16-33(17-5-1)43-31-44(51-48(50-43)34-18-6-2-7-19-34)36-22-14-23-37(29-36)46-38-24-11-10-15-32(38)27-28-40(46)42-30-45-47(41-26-13-12-25-39(41)42)53-49(52-45)35-20-8-3-9-21-35/h1-31H. The number of hydrogen-bond acceptors (Lipinski definition) is 4. The average molecular weight is 678 g/mol. The summed E-state index contributed by atoms with van der Waals surface area (Å²) in [5.74, 6) is 1.31. The highest BCUT2D eigenvalue weighted by molar-refractivity contribution is 6.15. The Bertz CT molecular complexity index is 2880. The van der Waals surface area contributed by atoms with Crippen molar-refractivity contribution in [2.75, 3.05) is 0 Å². The molecule has 0 aliphatic rings. The van der Waals surface area contributed by atoms with E-state index in [0.717, 1.165) is 77.8 Å². The van der Waals surface area contributed by atoms with Crippen LogP contribution in [0.3, 0.4) is 0 Å². The van der Waals surface area contributed by atoms with Gasteiger partial charge in [0.05, 0.1) is 11.4 Å². The zero-order valence-corrected chi connectivity index (χ0v) is 28.6. The van der Waals surface area contributed by atoms with Crippen molar-refractivity contribution in [2.45, 2.75) is 0 Å². The molecule has 2 heterocycles. The third kappa shape index (κ3) is 5.54. The molecule has 0 saturated carbocycles. The van der Waals surface area contributed by atoms with Gasteiger partial charge in [0.25, 0.3) is 0 Å². The summed E-state index contributed by atoms with van der Waals surface area (Å²) in [6.07, 6.45) is 0. The van der Waals surface area contributed by atoms with Gasteiger partial charge in [0.2, 0.25) is 5.89 Å². The van der Waals surface area contributed by atoms with Crippen LogP contribution in [0, 0.1) is 0 Å². The molecule has 248 valence electrons. The highest BCUT2D eigenvalue weighted by Crippen LogP contribution is 2.44. The van der Waals surface area contributed by atoms with E-state index in [9.17, 15) is 0 Å². The van der Waals surface area contributed by atoms with Gasteiger partial charge in [-0.1, -0.05) is 158 Å². The molecule has 0 saturated heterocycles. The Morgan fingerprint density at radius 3 is 1.70 bits per heavy atom. The van der Waals surface area contributed by atoms with E-state index in [1.54, 1.807) is 0 Å². The minimum absolute atomic E-state index is 0.615. The minimum atomic E-state index is 0.615. The van der Waals surface area contributed by atoms with Gasteiger partial charge in [-0.05, 0) is 68.7 Å². The first kappa shape index (κ1) is 30.6. The third-order valence-electron chi connectivity index (χ3n) is 9.91. The van der Waals surface area contributed by atoms with Crippen LogP contribution in [-0.4, -0.2) is 15.0 Å². The second-order valence-corrected chi connectivity index (χ2v) is 13.2. The first-order valence-corrected chi connectivity index (χ1v) is 17.8. The van der Waals surface area contributed by atoms with Gasteiger partial charge in [-0.25, -0.2) is 15.0 Å². The summed E-state index contributed by atoms with van der Waals surface area (Å²) < 4.78 is 6.47. The molecule has 0 fully saturated rings. The van der Waals surface area contributed by atoms with E-state index in [1.165, 1.54) is 10.8 Å². The van der Waals surface area contributed by atoms with E-state index < -0.39 is 0 Å². The molecule has 10 rings (SSSR count). The predicted octanol–water partition coefficient (Wildman–Crippen LogP) is 12.9. The van der Waals surface area contributed by atoms with Crippen molar-refractivity contribution in [3.8, 4) is 67.6 Å². The fourth-order valence-corrected chi connectivity index (χ4v) is 7.39. The minimum Gasteiger partial charge on any atom is -0.435 e. The van der Waals surface area contributed by atoms with Crippen molar-refractivity contribution in [3.63, 3.8) is 0 Å². The Kier molecular flexibility index (Phi) is 7.43. The number of fused-ring (bicyclic) bond motifs is 4. The molecular weight excluding hydrogens is 647 g/mol. The van der Waals surface area contributed by atoms with Crippen molar-refractivity contribution in [2.24, 2.45) is 0 Å². The molecule has 8 aromatic carbocycles. The highest BCUT2D eigenvalue weighted by atomic mass is 16.3. The molecule has 4 nitrogen and oxygen atoms in total. The fourth-order valence-electron chi connectivity index (χ4n) is 7.39. The Morgan fingerprint density at radius 1 is 0.358 bits per heavy atom. The lowest BCUT2D eigenvalue weighted by Gasteiger charge is -2.17. The van der Waals surface area contributed by atoms with Gasteiger partial charge >= 0.3 is 0 Å². The number of hydrogen-bond donors (Lipinski definition) is 0. The van der Waals surface area contributed by atoms with Gasteiger partial charge in [0.1, 0.15) is 5.52 Å². The van der Waals surface area contributed by atoms with Crippen LogP contribution in [0.5, 0.6) is 0 Å². The fraction of sp³-hybridized carbons (Fsp3) is 0. The van der Waals surface area contributed by atoms with Crippen molar-refractivity contribution in [1.29, 1.82) is 0 Å². The topological polar surface area (TPSA) is 51.8 Å². The highest BCUT2D eigenvalue weighted by Gasteiger charge is 2.20. The smallest absolute Gasteiger partial charge is 0.227 e. The molecular formula is C49H31N3O. The number of aromatic nitrogens is 3. The molecule has 0 atom stereocenters. The normalized spacial score (nSPS) is 11.4. The molecule has 10 aromatic rings. The Balaban J connectivity index is 1.19. The zero-order chi connectivity index (χ0) is 35.1. The van der Waals surface area contributed by atoms with E-state index in [-0.39, 0.29) is 0 Å². The van der Waals surface area contributed by atoms with E-state index in [2.05, 4.69) is 121 Å². The van der Waals surface area contributed by atoms with Crippen LogP contribution in [0.25, 0.3) is 100 Å². The van der Waals surface area contributed by atoms with E-state index in [1.807, 2.05) is 66.7 Å². The summed E-state index contributed by atoms with van der Waals surface area (Å²) in [5.41, 5.74) is 11.8. The maximum Gasteiger partial charge on any atom is 0.227 e. The van der Waals surface area contributed by atoms with Gasteiger partial charge in [-0.3, -0.25) is 0 Å². The van der Waals surface area contributed by atoms with E-state index in [4.69, 9.17) is 19.4 Å². The molecule has 0 spiro atoms. The summed E-state index contributed by atoms with van der Waals surface area (Å²) in [5, 5.41) is 4.49. The maximum atomic E-state index is 6.47. The average Bonchev–Trinajstić information content (AvgIpc) is 3.69. The lowest BCUT2D eigenvalue weighted by Crippen LogP contribution is -1.96. The van der Waals surface area contributed by atoms with E-state index >= 15 is 0 Å². The zero-order valence-electron chi connectivity index (χ0n) is 28.6. The van der Waals surface area contributed by atoms with Crippen molar-refractivity contribution >= 4 is 32.6 Å². The van der Waals surface area contributed by atoms with E-state index in [0.29, 0.717) is 11.7 Å². The van der Waals surface area contributed by atoms with Crippen LogP contribution in [0.1, 0.15) is 0 Å². The second kappa shape index (κ2) is 12.9.